The van der Waals surface area contributed by atoms with Crippen LogP contribution in [0, 0.1) is 5.41 Å². The van der Waals surface area contributed by atoms with Gasteiger partial charge in [-0.05, 0) is 37.2 Å². The fourth-order valence-electron chi connectivity index (χ4n) is 4.24. The first-order valence-corrected chi connectivity index (χ1v) is 9.90. The molecule has 1 amide bonds. The van der Waals surface area contributed by atoms with Crippen LogP contribution in [0.25, 0.3) is 0 Å². The number of amides is 1. The Bertz CT molecular complexity index is 994. The first kappa shape index (κ1) is 22.0. The molecule has 8 nitrogen and oxygen atoms in total. The van der Waals surface area contributed by atoms with Gasteiger partial charge in [0, 0.05) is 36.7 Å². The molecule has 5 rings (SSSR count). The summed E-state index contributed by atoms with van der Waals surface area (Å²) in [5.74, 6) is -0.118. The normalized spacial score (nSPS) is 22.3. The van der Waals surface area contributed by atoms with Crippen LogP contribution >= 0.6 is 0 Å². The number of carbonyl (C=O) groups is 2. The topological polar surface area (TPSA) is 92.5 Å². The van der Waals surface area contributed by atoms with E-state index < -0.39 is 12.1 Å². The Morgan fingerprint density at radius 3 is 2.59 bits per heavy atom. The SMILES string of the molecule is O=C(O)C(F)(F)F.O=C1CC2(CCN(Cc3ccco3)C2)CN1c1ccc2c(c1)OCO2. The Hall–Kier alpha value is -3.21. The highest BCUT2D eigenvalue weighted by Crippen LogP contribution is 2.44. The van der Waals surface area contributed by atoms with Gasteiger partial charge in [0.05, 0.1) is 12.8 Å². The van der Waals surface area contributed by atoms with E-state index in [2.05, 4.69) is 4.90 Å². The number of likely N-dealkylation sites (tertiary alicyclic amines) is 1. The van der Waals surface area contributed by atoms with Crippen LogP contribution in [0.1, 0.15) is 18.6 Å². The third-order valence-corrected chi connectivity index (χ3v) is 5.71. The van der Waals surface area contributed by atoms with E-state index in [0.717, 1.165) is 55.5 Å². The van der Waals surface area contributed by atoms with Gasteiger partial charge in [0.25, 0.3) is 0 Å². The van der Waals surface area contributed by atoms with E-state index in [1.807, 2.05) is 35.2 Å². The maximum atomic E-state index is 12.7. The summed E-state index contributed by atoms with van der Waals surface area (Å²) >= 11 is 0. The van der Waals surface area contributed by atoms with Gasteiger partial charge in [0.2, 0.25) is 12.7 Å². The number of furan rings is 1. The summed E-state index contributed by atoms with van der Waals surface area (Å²) in [7, 11) is 0. The number of ether oxygens (including phenoxy) is 2. The highest BCUT2D eigenvalue weighted by Gasteiger charge is 2.48. The average Bonchev–Trinajstić information content (AvgIpc) is 3.51. The fourth-order valence-corrected chi connectivity index (χ4v) is 4.24. The smallest absolute Gasteiger partial charge is 0.475 e. The van der Waals surface area contributed by atoms with E-state index in [1.165, 1.54) is 0 Å². The molecular formula is C21H21F3N2O6. The van der Waals surface area contributed by atoms with Crippen molar-refractivity contribution in [3.63, 3.8) is 0 Å². The molecule has 2 fully saturated rings. The van der Waals surface area contributed by atoms with Crippen molar-refractivity contribution >= 4 is 17.6 Å². The van der Waals surface area contributed by atoms with Crippen molar-refractivity contribution in [2.75, 3.05) is 31.3 Å². The molecule has 3 aliphatic rings. The molecule has 0 bridgehead atoms. The Kier molecular flexibility index (Phi) is 5.76. The molecule has 1 aromatic carbocycles. The summed E-state index contributed by atoms with van der Waals surface area (Å²) in [5, 5.41) is 7.12. The maximum absolute atomic E-state index is 12.7. The third-order valence-electron chi connectivity index (χ3n) is 5.71. The molecule has 2 saturated heterocycles. The van der Waals surface area contributed by atoms with Gasteiger partial charge in [0.1, 0.15) is 5.76 Å². The van der Waals surface area contributed by atoms with Crippen LogP contribution < -0.4 is 14.4 Å². The van der Waals surface area contributed by atoms with Gasteiger partial charge in [0.15, 0.2) is 11.5 Å². The van der Waals surface area contributed by atoms with Gasteiger partial charge in [-0.3, -0.25) is 9.69 Å². The number of alkyl halides is 3. The lowest BCUT2D eigenvalue weighted by atomic mass is 9.86. The molecule has 0 radical (unpaired) electrons. The van der Waals surface area contributed by atoms with Gasteiger partial charge in [-0.2, -0.15) is 13.2 Å². The quantitative estimate of drug-likeness (QED) is 0.761. The zero-order valence-corrected chi connectivity index (χ0v) is 16.9. The van der Waals surface area contributed by atoms with Crippen molar-refractivity contribution in [1.29, 1.82) is 0 Å². The number of carboxylic acids is 1. The van der Waals surface area contributed by atoms with Crippen LogP contribution in [0.3, 0.4) is 0 Å². The molecule has 0 saturated carbocycles. The molecular weight excluding hydrogens is 433 g/mol. The fraction of sp³-hybridized carbons (Fsp3) is 0.429. The number of aliphatic carboxylic acids is 1. The van der Waals surface area contributed by atoms with Crippen molar-refractivity contribution in [2.24, 2.45) is 5.41 Å². The van der Waals surface area contributed by atoms with Crippen molar-refractivity contribution in [3.05, 3.63) is 42.4 Å². The number of hydrogen-bond donors (Lipinski definition) is 1. The molecule has 1 N–H and O–H groups in total. The number of carboxylic acid groups (broad SMARTS) is 1. The minimum absolute atomic E-state index is 0.0417. The lowest BCUT2D eigenvalue weighted by molar-refractivity contribution is -0.192. The van der Waals surface area contributed by atoms with Crippen LogP contribution in [0.4, 0.5) is 18.9 Å². The molecule has 11 heteroatoms. The minimum Gasteiger partial charge on any atom is -0.475 e. The number of hydrogen-bond acceptors (Lipinski definition) is 6. The largest absolute Gasteiger partial charge is 0.490 e. The highest BCUT2D eigenvalue weighted by atomic mass is 19.4. The summed E-state index contributed by atoms with van der Waals surface area (Å²) in [4.78, 5) is 25.9. The van der Waals surface area contributed by atoms with Crippen LogP contribution in [0.5, 0.6) is 11.5 Å². The Morgan fingerprint density at radius 1 is 1.16 bits per heavy atom. The number of halogens is 3. The number of fused-ring (bicyclic) bond motifs is 1. The van der Waals surface area contributed by atoms with E-state index >= 15 is 0 Å². The molecule has 1 aromatic heterocycles. The van der Waals surface area contributed by atoms with Crippen molar-refractivity contribution < 1.29 is 41.8 Å². The second-order valence-electron chi connectivity index (χ2n) is 8.04. The second kappa shape index (κ2) is 8.38. The summed E-state index contributed by atoms with van der Waals surface area (Å²) in [6, 6.07) is 9.66. The molecule has 1 spiro atoms. The Labute approximate surface area is 181 Å². The average molecular weight is 454 g/mol. The van der Waals surface area contributed by atoms with E-state index in [1.54, 1.807) is 6.26 Å². The Morgan fingerprint density at radius 2 is 1.91 bits per heavy atom. The number of anilines is 1. The van der Waals surface area contributed by atoms with E-state index in [0.29, 0.717) is 6.42 Å². The molecule has 0 aliphatic carbocycles. The Balaban J connectivity index is 0.000000307. The highest BCUT2D eigenvalue weighted by molar-refractivity contribution is 5.96. The lowest BCUT2D eigenvalue weighted by Gasteiger charge is -2.24. The van der Waals surface area contributed by atoms with Crippen LogP contribution in [0.15, 0.2) is 41.0 Å². The van der Waals surface area contributed by atoms with Gasteiger partial charge < -0.3 is 23.9 Å². The standard InChI is InChI=1S/C19H20N2O4.C2HF3O2/c22-18-9-19(5-6-20(11-19)10-15-2-1-7-23-15)12-21(18)14-3-4-16-17(8-14)25-13-24-16;3-2(4,5)1(6)7/h1-4,7-8H,5-6,9-13H2;(H,6,7). The first-order valence-electron chi connectivity index (χ1n) is 9.90. The third kappa shape index (κ3) is 4.67. The number of rotatable bonds is 3. The summed E-state index contributed by atoms with van der Waals surface area (Å²) < 4.78 is 48.0. The molecule has 1 atom stereocenters. The van der Waals surface area contributed by atoms with Gasteiger partial charge in [-0.1, -0.05) is 0 Å². The monoisotopic (exact) mass is 454 g/mol. The number of nitrogens with zero attached hydrogens (tertiary/aromatic N) is 2. The van der Waals surface area contributed by atoms with E-state index in [4.69, 9.17) is 23.8 Å². The molecule has 1 unspecified atom stereocenters. The summed E-state index contributed by atoms with van der Waals surface area (Å²) in [6.07, 6.45) is -1.72. The molecule has 32 heavy (non-hydrogen) atoms. The van der Waals surface area contributed by atoms with Crippen molar-refractivity contribution in [1.82, 2.24) is 4.90 Å². The lowest BCUT2D eigenvalue weighted by Crippen LogP contribution is -2.31. The van der Waals surface area contributed by atoms with Crippen LogP contribution in [-0.4, -0.2) is 54.5 Å². The number of carbonyl (C=O) groups excluding carboxylic acids is 1. The molecule has 4 heterocycles. The number of benzene rings is 1. The molecule has 172 valence electrons. The van der Waals surface area contributed by atoms with Gasteiger partial charge >= 0.3 is 12.1 Å². The van der Waals surface area contributed by atoms with Crippen molar-refractivity contribution in [3.8, 4) is 11.5 Å². The van der Waals surface area contributed by atoms with Gasteiger partial charge in [-0.15, -0.1) is 0 Å². The van der Waals surface area contributed by atoms with Crippen LogP contribution in [-0.2, 0) is 16.1 Å². The van der Waals surface area contributed by atoms with E-state index in [-0.39, 0.29) is 18.1 Å². The predicted molar refractivity (Wildman–Crippen MR) is 104 cm³/mol. The molecule has 2 aromatic rings. The minimum atomic E-state index is -5.08. The first-order chi connectivity index (χ1) is 15.2. The zero-order chi connectivity index (χ0) is 22.9. The maximum Gasteiger partial charge on any atom is 0.490 e. The predicted octanol–water partition coefficient (Wildman–Crippen LogP) is 3.27. The summed E-state index contributed by atoms with van der Waals surface area (Å²) in [6.45, 7) is 3.76. The molecule has 3 aliphatic heterocycles. The van der Waals surface area contributed by atoms with Crippen LogP contribution in [0.2, 0.25) is 0 Å². The van der Waals surface area contributed by atoms with Gasteiger partial charge in [-0.25, -0.2) is 4.79 Å². The second-order valence-corrected chi connectivity index (χ2v) is 8.04. The zero-order valence-electron chi connectivity index (χ0n) is 16.9. The summed E-state index contributed by atoms with van der Waals surface area (Å²) in [5.41, 5.74) is 0.940. The van der Waals surface area contributed by atoms with Crippen molar-refractivity contribution in [2.45, 2.75) is 25.6 Å². The van der Waals surface area contributed by atoms with E-state index in [9.17, 15) is 18.0 Å².